The van der Waals surface area contributed by atoms with Gasteiger partial charge in [-0.25, -0.2) is 0 Å². The maximum atomic E-state index is 5.87. The van der Waals surface area contributed by atoms with Gasteiger partial charge < -0.3 is 9.47 Å². The lowest BCUT2D eigenvalue weighted by molar-refractivity contribution is 0.0784. The molecule has 2 atom stereocenters. The summed E-state index contributed by atoms with van der Waals surface area (Å²) in [6.45, 7) is 0. The molecule has 2 aliphatic rings. The third-order valence-electron chi connectivity index (χ3n) is 2.70. The summed E-state index contributed by atoms with van der Waals surface area (Å²) in [6.07, 6.45) is 11.6. The Labute approximate surface area is 94.5 Å². The fourth-order valence-electron chi connectivity index (χ4n) is 1.87. The third-order valence-corrected chi connectivity index (χ3v) is 2.70. The predicted octanol–water partition coefficient (Wildman–Crippen LogP) is 2.93. The van der Waals surface area contributed by atoms with E-state index in [1.807, 2.05) is 48.6 Å². The molecule has 0 radical (unpaired) electrons. The molecule has 3 rings (SSSR count). The van der Waals surface area contributed by atoms with Crippen molar-refractivity contribution in [3.05, 3.63) is 60.4 Å². The first-order chi connectivity index (χ1) is 7.93. The fourth-order valence-corrected chi connectivity index (χ4v) is 1.87. The first-order valence-electron chi connectivity index (χ1n) is 5.36. The molecule has 2 heterocycles. The lowest BCUT2D eigenvalue weighted by Crippen LogP contribution is -2.31. The summed E-state index contributed by atoms with van der Waals surface area (Å²) >= 11 is 0. The van der Waals surface area contributed by atoms with Crippen LogP contribution >= 0.6 is 0 Å². The zero-order chi connectivity index (χ0) is 10.8. The lowest BCUT2D eigenvalue weighted by atomic mass is 10.1. The predicted molar refractivity (Wildman–Crippen MR) is 63.0 cm³/mol. The second-order valence-electron chi connectivity index (χ2n) is 3.79. The molecule has 0 amide bonds. The Balaban J connectivity index is 1.83. The van der Waals surface area contributed by atoms with Crippen molar-refractivity contribution in [2.45, 2.75) is 12.2 Å². The maximum absolute atomic E-state index is 5.87. The molecule has 0 bridgehead atoms. The highest BCUT2D eigenvalue weighted by molar-refractivity contribution is 5.60. The Kier molecular flexibility index (Phi) is 2.26. The topological polar surface area (TPSA) is 18.5 Å². The first kappa shape index (κ1) is 9.28. The van der Waals surface area contributed by atoms with E-state index < -0.39 is 0 Å². The molecule has 0 saturated carbocycles. The van der Waals surface area contributed by atoms with Crippen LogP contribution in [0.15, 0.2) is 54.8 Å². The minimum absolute atomic E-state index is 0.0328. The highest BCUT2D eigenvalue weighted by atomic mass is 16.5. The summed E-state index contributed by atoms with van der Waals surface area (Å²) < 4.78 is 11.4. The van der Waals surface area contributed by atoms with E-state index in [0.29, 0.717) is 0 Å². The van der Waals surface area contributed by atoms with Crippen LogP contribution in [0.3, 0.4) is 0 Å². The molecule has 0 spiro atoms. The summed E-state index contributed by atoms with van der Waals surface area (Å²) in [6, 6.07) is 8.01. The van der Waals surface area contributed by atoms with Crippen molar-refractivity contribution < 1.29 is 9.47 Å². The Bertz CT molecular complexity index is 471. The summed E-state index contributed by atoms with van der Waals surface area (Å²) in [5.41, 5.74) is 1.12. The van der Waals surface area contributed by atoms with Gasteiger partial charge in [-0.1, -0.05) is 30.4 Å². The standard InChI is InChI=1S/C14H12O2/c1-2-6-12-11(5-1)8-9-14(16-12)13-7-3-4-10-15-13/h1-10,13-14H. The summed E-state index contributed by atoms with van der Waals surface area (Å²) in [5.74, 6) is 0.918. The molecule has 0 aliphatic carbocycles. The van der Waals surface area contributed by atoms with E-state index in [1.54, 1.807) is 6.26 Å². The quantitative estimate of drug-likeness (QED) is 0.712. The molecule has 16 heavy (non-hydrogen) atoms. The van der Waals surface area contributed by atoms with Gasteiger partial charge >= 0.3 is 0 Å². The van der Waals surface area contributed by atoms with Crippen LogP contribution in [-0.4, -0.2) is 12.2 Å². The minimum Gasteiger partial charge on any atom is -0.490 e. The molecule has 2 unspecified atom stereocenters. The Morgan fingerprint density at radius 1 is 0.938 bits per heavy atom. The zero-order valence-electron chi connectivity index (χ0n) is 8.74. The monoisotopic (exact) mass is 212 g/mol. The van der Waals surface area contributed by atoms with Gasteiger partial charge in [0.2, 0.25) is 0 Å². The number of para-hydroxylation sites is 1. The van der Waals surface area contributed by atoms with Gasteiger partial charge in [0.1, 0.15) is 5.75 Å². The average molecular weight is 212 g/mol. The van der Waals surface area contributed by atoms with Gasteiger partial charge in [-0.2, -0.15) is 0 Å². The van der Waals surface area contributed by atoms with Gasteiger partial charge in [-0.15, -0.1) is 0 Å². The van der Waals surface area contributed by atoms with Crippen LogP contribution in [0.4, 0.5) is 0 Å². The number of ether oxygens (including phenoxy) is 2. The number of benzene rings is 1. The van der Waals surface area contributed by atoms with E-state index in [1.165, 1.54) is 0 Å². The van der Waals surface area contributed by atoms with Gasteiger partial charge in [0, 0.05) is 5.56 Å². The number of allylic oxidation sites excluding steroid dienone is 2. The van der Waals surface area contributed by atoms with Crippen molar-refractivity contribution in [1.29, 1.82) is 0 Å². The minimum atomic E-state index is -0.0453. The van der Waals surface area contributed by atoms with Crippen LogP contribution in [0, 0.1) is 0 Å². The van der Waals surface area contributed by atoms with Gasteiger partial charge in [-0.3, -0.25) is 0 Å². The molecule has 2 nitrogen and oxygen atoms in total. The van der Waals surface area contributed by atoms with Gasteiger partial charge in [-0.05, 0) is 24.3 Å². The Morgan fingerprint density at radius 2 is 1.88 bits per heavy atom. The second kappa shape index (κ2) is 3.89. The summed E-state index contributed by atoms with van der Waals surface area (Å²) in [7, 11) is 0. The molecule has 2 heteroatoms. The largest absolute Gasteiger partial charge is 0.490 e. The molecule has 80 valence electrons. The number of rotatable bonds is 1. The van der Waals surface area contributed by atoms with Gasteiger partial charge in [0.25, 0.3) is 0 Å². The summed E-state index contributed by atoms with van der Waals surface area (Å²) in [4.78, 5) is 0. The number of hydrogen-bond donors (Lipinski definition) is 0. The highest BCUT2D eigenvalue weighted by Gasteiger charge is 2.23. The number of hydrogen-bond acceptors (Lipinski definition) is 2. The van der Waals surface area contributed by atoms with Crippen LogP contribution < -0.4 is 4.74 Å². The SMILES string of the molecule is C1=COC(C2C=Cc3ccccc3O2)C=C1. The second-order valence-corrected chi connectivity index (χ2v) is 3.79. The molecular formula is C14H12O2. The highest BCUT2D eigenvalue weighted by Crippen LogP contribution is 2.27. The molecular weight excluding hydrogens is 200 g/mol. The average Bonchev–Trinajstić information content (AvgIpc) is 2.39. The normalized spacial score (nSPS) is 25.8. The van der Waals surface area contributed by atoms with Crippen molar-refractivity contribution in [1.82, 2.24) is 0 Å². The van der Waals surface area contributed by atoms with Gasteiger partial charge in [0.15, 0.2) is 12.2 Å². The molecule has 2 aliphatic heterocycles. The van der Waals surface area contributed by atoms with Crippen LogP contribution in [0.25, 0.3) is 6.08 Å². The first-order valence-corrected chi connectivity index (χ1v) is 5.36. The molecule has 0 saturated heterocycles. The van der Waals surface area contributed by atoms with Crippen molar-refractivity contribution in [2.75, 3.05) is 0 Å². The molecule has 0 N–H and O–H groups in total. The van der Waals surface area contributed by atoms with E-state index in [0.717, 1.165) is 11.3 Å². The molecule has 0 aromatic heterocycles. The van der Waals surface area contributed by atoms with E-state index in [-0.39, 0.29) is 12.2 Å². The van der Waals surface area contributed by atoms with E-state index in [2.05, 4.69) is 6.08 Å². The molecule has 1 aromatic carbocycles. The molecule has 1 aromatic rings. The molecule has 0 fully saturated rings. The van der Waals surface area contributed by atoms with Crippen molar-refractivity contribution >= 4 is 6.08 Å². The lowest BCUT2D eigenvalue weighted by Gasteiger charge is -2.27. The van der Waals surface area contributed by atoms with Crippen LogP contribution in [0.5, 0.6) is 5.75 Å². The van der Waals surface area contributed by atoms with Crippen LogP contribution in [0.1, 0.15) is 5.56 Å². The Hall–Kier alpha value is -1.96. The van der Waals surface area contributed by atoms with E-state index in [4.69, 9.17) is 9.47 Å². The van der Waals surface area contributed by atoms with E-state index in [9.17, 15) is 0 Å². The van der Waals surface area contributed by atoms with Gasteiger partial charge in [0.05, 0.1) is 6.26 Å². The zero-order valence-corrected chi connectivity index (χ0v) is 8.74. The smallest absolute Gasteiger partial charge is 0.158 e. The fraction of sp³-hybridized carbons (Fsp3) is 0.143. The third kappa shape index (κ3) is 1.63. The maximum Gasteiger partial charge on any atom is 0.158 e. The number of fused-ring (bicyclic) bond motifs is 1. The van der Waals surface area contributed by atoms with Crippen molar-refractivity contribution in [3.63, 3.8) is 0 Å². The Morgan fingerprint density at radius 3 is 2.75 bits per heavy atom. The van der Waals surface area contributed by atoms with E-state index >= 15 is 0 Å². The van der Waals surface area contributed by atoms with Crippen molar-refractivity contribution in [3.8, 4) is 5.75 Å². The summed E-state index contributed by atoms with van der Waals surface area (Å²) in [5, 5.41) is 0. The van der Waals surface area contributed by atoms with Crippen LogP contribution in [-0.2, 0) is 4.74 Å². The van der Waals surface area contributed by atoms with Crippen molar-refractivity contribution in [2.24, 2.45) is 0 Å². The van der Waals surface area contributed by atoms with Crippen LogP contribution in [0.2, 0.25) is 0 Å².